The summed E-state index contributed by atoms with van der Waals surface area (Å²) < 4.78 is 41.0. The first-order valence-corrected chi connectivity index (χ1v) is 25.7. The molecule has 0 saturated carbocycles. The van der Waals surface area contributed by atoms with Crippen molar-refractivity contribution in [3.8, 4) is 45.3 Å². The molecule has 0 radical (unpaired) electrons. The van der Waals surface area contributed by atoms with Crippen LogP contribution in [0, 0.1) is 0 Å². The van der Waals surface area contributed by atoms with Crippen molar-refractivity contribution in [2.45, 2.75) is 85.0 Å². The number of ether oxygens (including phenoxy) is 4. The summed E-state index contributed by atoms with van der Waals surface area (Å²) in [6.07, 6.45) is 1.59. The molecule has 0 bridgehead atoms. The van der Waals surface area contributed by atoms with Crippen molar-refractivity contribution in [2.75, 3.05) is 36.2 Å². The van der Waals surface area contributed by atoms with E-state index in [9.17, 15) is 0 Å². The van der Waals surface area contributed by atoms with Gasteiger partial charge in [0.15, 0.2) is 23.0 Å². The molecule has 9 aromatic rings. The first-order chi connectivity index (χ1) is 34.8. The quantitative estimate of drug-likeness (QED) is 0.158. The molecule has 13 rings (SSSR count). The van der Waals surface area contributed by atoms with E-state index in [1.165, 1.54) is 16.7 Å². The van der Waals surface area contributed by atoms with E-state index in [1.807, 2.05) is 0 Å². The highest BCUT2D eigenvalue weighted by Crippen LogP contribution is 2.55. The SMILES string of the molecule is CC(C)c1cc2c3c(c1)N(c1cc4c(cc1-c1ccccc1)OCCCO4)c1c(oc4ccc(C(C)(C)C)cc14)B3c1oc3ccc(C(C)(C)C)cc3c1N2c1cc2c(cc1-c1ccccc1)OCCCO2. The van der Waals surface area contributed by atoms with E-state index >= 15 is 0 Å². The van der Waals surface area contributed by atoms with Crippen LogP contribution in [-0.4, -0.2) is 33.1 Å². The Hall–Kier alpha value is -7.52. The fourth-order valence-corrected chi connectivity index (χ4v) is 11.2. The maximum atomic E-state index is 7.46. The maximum absolute atomic E-state index is 7.46. The molecule has 0 unspecified atom stereocenters. The van der Waals surface area contributed by atoms with E-state index in [0.29, 0.717) is 26.4 Å². The molecule has 8 nitrogen and oxygen atoms in total. The summed E-state index contributed by atoms with van der Waals surface area (Å²) in [7, 11) is 0. The van der Waals surface area contributed by atoms with Gasteiger partial charge in [0, 0.05) is 58.2 Å². The minimum absolute atomic E-state index is 0.126. The van der Waals surface area contributed by atoms with Gasteiger partial charge in [-0.1, -0.05) is 128 Å². The number of hydrogen-bond donors (Lipinski definition) is 0. The van der Waals surface area contributed by atoms with Gasteiger partial charge in [0.2, 0.25) is 0 Å². The average Bonchev–Trinajstić information content (AvgIpc) is 3.72. The molecule has 9 heteroatoms. The van der Waals surface area contributed by atoms with Gasteiger partial charge in [0.1, 0.15) is 22.5 Å². The predicted molar refractivity (Wildman–Crippen MR) is 294 cm³/mol. The van der Waals surface area contributed by atoms with Gasteiger partial charge in [0.25, 0.3) is 0 Å². The van der Waals surface area contributed by atoms with Crippen LogP contribution >= 0.6 is 0 Å². The van der Waals surface area contributed by atoms with Crippen LogP contribution in [0.25, 0.3) is 44.2 Å². The smallest absolute Gasteiger partial charge is 0.342 e. The Morgan fingerprint density at radius 3 is 1.25 bits per heavy atom. The maximum Gasteiger partial charge on any atom is 0.342 e. The molecule has 0 N–H and O–H groups in total. The zero-order chi connectivity index (χ0) is 49.2. The van der Waals surface area contributed by atoms with Gasteiger partial charge >= 0.3 is 6.71 Å². The Balaban J connectivity index is 1.20. The zero-order valence-electron chi connectivity index (χ0n) is 42.4. The number of furan rings is 2. The van der Waals surface area contributed by atoms with Gasteiger partial charge < -0.3 is 37.6 Å². The fraction of sp³-hybridized carbons (Fsp3) is 0.270. The summed E-state index contributed by atoms with van der Waals surface area (Å²) in [4.78, 5) is 4.95. The Morgan fingerprint density at radius 2 is 0.861 bits per heavy atom. The number of hydrogen-bond acceptors (Lipinski definition) is 8. The van der Waals surface area contributed by atoms with E-state index in [0.717, 1.165) is 131 Å². The molecular formula is C63H59BN2O6. The van der Waals surface area contributed by atoms with Crippen molar-refractivity contribution >= 4 is 79.6 Å². The highest BCUT2D eigenvalue weighted by atomic mass is 16.5. The van der Waals surface area contributed by atoms with Crippen LogP contribution in [0.15, 0.2) is 142 Å². The topological polar surface area (TPSA) is 69.7 Å². The van der Waals surface area contributed by atoms with E-state index in [1.54, 1.807) is 0 Å². The zero-order valence-corrected chi connectivity index (χ0v) is 42.4. The highest BCUT2D eigenvalue weighted by Gasteiger charge is 2.51. The van der Waals surface area contributed by atoms with Gasteiger partial charge in [-0.3, -0.25) is 0 Å². The van der Waals surface area contributed by atoms with Crippen LogP contribution in [-0.2, 0) is 10.8 Å². The normalized spacial score (nSPS) is 15.1. The molecule has 0 fully saturated rings. The van der Waals surface area contributed by atoms with Crippen molar-refractivity contribution in [3.05, 3.63) is 150 Å². The second-order valence-corrected chi connectivity index (χ2v) is 22.2. The molecule has 360 valence electrons. The first kappa shape index (κ1) is 44.4. The molecule has 0 amide bonds. The molecular weight excluding hydrogens is 892 g/mol. The minimum atomic E-state index is -0.425. The van der Waals surface area contributed by atoms with Crippen LogP contribution in [0.4, 0.5) is 34.1 Å². The lowest BCUT2D eigenvalue weighted by atomic mass is 9.37. The fourth-order valence-electron chi connectivity index (χ4n) is 11.2. The molecule has 7 aromatic carbocycles. The Morgan fingerprint density at radius 1 is 0.458 bits per heavy atom. The lowest BCUT2D eigenvalue weighted by Gasteiger charge is -2.42. The number of nitrogens with zero attached hydrogens (tertiary/aromatic N) is 2. The van der Waals surface area contributed by atoms with Crippen molar-refractivity contribution in [2.24, 2.45) is 0 Å². The van der Waals surface area contributed by atoms with Crippen LogP contribution in [0.2, 0.25) is 0 Å². The third-order valence-corrected chi connectivity index (χ3v) is 15.1. The van der Waals surface area contributed by atoms with Gasteiger partial charge in [-0.25, -0.2) is 0 Å². The van der Waals surface area contributed by atoms with Gasteiger partial charge in [-0.2, -0.15) is 0 Å². The number of anilines is 6. The van der Waals surface area contributed by atoms with Crippen molar-refractivity contribution < 1.29 is 27.8 Å². The number of rotatable bonds is 5. The summed E-state index contributed by atoms with van der Waals surface area (Å²) >= 11 is 0. The third kappa shape index (κ3) is 7.09. The predicted octanol–water partition coefficient (Wildman–Crippen LogP) is 14.6. The largest absolute Gasteiger partial charge is 0.490 e. The molecule has 6 heterocycles. The Labute approximate surface area is 422 Å². The van der Waals surface area contributed by atoms with Crippen LogP contribution in [0.5, 0.6) is 23.0 Å². The number of fused-ring (bicyclic) bond motifs is 10. The third-order valence-electron chi connectivity index (χ3n) is 15.1. The molecule has 72 heavy (non-hydrogen) atoms. The van der Waals surface area contributed by atoms with E-state index < -0.39 is 6.71 Å². The second kappa shape index (κ2) is 16.5. The lowest BCUT2D eigenvalue weighted by Crippen LogP contribution is -2.60. The summed E-state index contributed by atoms with van der Waals surface area (Å²) in [5.74, 6) is 3.09. The van der Waals surface area contributed by atoms with Crippen LogP contribution < -0.4 is 45.5 Å². The number of benzene rings is 7. The molecule has 4 aliphatic heterocycles. The van der Waals surface area contributed by atoms with Crippen LogP contribution in [0.3, 0.4) is 0 Å². The minimum Gasteiger partial charge on any atom is -0.490 e. The molecule has 0 spiro atoms. The van der Waals surface area contributed by atoms with Crippen molar-refractivity contribution in [1.82, 2.24) is 0 Å². The highest BCUT2D eigenvalue weighted by molar-refractivity contribution is 6.99. The lowest BCUT2D eigenvalue weighted by molar-refractivity contribution is 0.296. The monoisotopic (exact) mass is 950 g/mol. The first-order valence-electron chi connectivity index (χ1n) is 25.7. The molecule has 4 aliphatic rings. The summed E-state index contributed by atoms with van der Waals surface area (Å²) in [6.45, 7) is 20.1. The Kier molecular flexibility index (Phi) is 10.2. The van der Waals surface area contributed by atoms with Crippen molar-refractivity contribution in [1.29, 1.82) is 0 Å². The molecule has 0 aliphatic carbocycles. The standard InChI is InChI=1S/C63H59BN2O6/c1-37(2)40-29-49-57-50(30-40)66(48-36-56-54(68-26-16-28-70-56)34-44(48)39-19-13-10-14-20-39)59-46-32-42(63(6,7)8)22-24-52(46)72-61(59)64(57)60-58(45-31-41(62(3,4)5)21-23-51(45)71-60)65(49)47-35-55-53(67-25-15-27-69-55)33-43(47)38-17-11-9-12-18-38/h9-14,17-24,29-37H,15-16,25-28H2,1-8H3. The van der Waals surface area contributed by atoms with E-state index in [2.05, 4.69) is 199 Å². The summed E-state index contributed by atoms with van der Waals surface area (Å²) in [6, 6.07) is 48.4. The van der Waals surface area contributed by atoms with E-state index in [4.69, 9.17) is 27.8 Å². The summed E-state index contributed by atoms with van der Waals surface area (Å²) in [5.41, 5.74) is 17.9. The molecule has 0 atom stereocenters. The molecule has 0 saturated heterocycles. The van der Waals surface area contributed by atoms with Crippen molar-refractivity contribution in [3.63, 3.8) is 0 Å². The second-order valence-electron chi connectivity index (χ2n) is 22.2. The average molecular weight is 951 g/mol. The summed E-state index contributed by atoms with van der Waals surface area (Å²) in [5, 5.41) is 2.07. The van der Waals surface area contributed by atoms with Gasteiger partial charge in [-0.15, -0.1) is 0 Å². The van der Waals surface area contributed by atoms with E-state index in [-0.39, 0.29) is 16.7 Å². The Bertz CT molecular complexity index is 3390. The van der Waals surface area contributed by atoms with Crippen LogP contribution in [0.1, 0.15) is 90.8 Å². The van der Waals surface area contributed by atoms with Gasteiger partial charge in [-0.05, 0) is 98.6 Å². The molecule has 2 aromatic heterocycles. The van der Waals surface area contributed by atoms with Gasteiger partial charge in [0.05, 0.1) is 49.2 Å².